The molecule has 0 aliphatic heterocycles. The van der Waals surface area contributed by atoms with Gasteiger partial charge in [-0.2, -0.15) is 0 Å². The van der Waals surface area contributed by atoms with E-state index >= 15 is 0 Å². The summed E-state index contributed by atoms with van der Waals surface area (Å²) in [6, 6.07) is 13.0. The second-order valence-corrected chi connectivity index (χ2v) is 6.50. The third-order valence-corrected chi connectivity index (χ3v) is 5.60. The number of hydrogen-bond acceptors (Lipinski definition) is 0. The first-order chi connectivity index (χ1) is 8.69. The number of rotatable bonds is 4. The van der Waals surface area contributed by atoms with Crippen LogP contribution in [0.4, 0.5) is 0 Å². The molecule has 0 heterocycles. The lowest BCUT2D eigenvalue weighted by molar-refractivity contribution is 0.488. The van der Waals surface area contributed by atoms with Gasteiger partial charge in [-0.15, -0.1) is 0 Å². The molecule has 1 unspecified atom stereocenters. The molecule has 0 fully saturated rings. The van der Waals surface area contributed by atoms with E-state index in [9.17, 15) is 0 Å². The molecule has 0 saturated heterocycles. The molecule has 0 aliphatic rings. The van der Waals surface area contributed by atoms with Crippen molar-refractivity contribution in [2.24, 2.45) is 5.92 Å². The van der Waals surface area contributed by atoms with Crippen LogP contribution in [-0.4, -0.2) is 0 Å². The van der Waals surface area contributed by atoms with Crippen molar-refractivity contribution < 1.29 is 0 Å². The van der Waals surface area contributed by atoms with Gasteiger partial charge in [0.2, 0.25) is 0 Å². The second kappa shape index (κ2) is 6.21. The van der Waals surface area contributed by atoms with Crippen LogP contribution < -0.4 is 0 Å². The minimum atomic E-state index is 0.436. The average Bonchev–Trinajstić information content (AvgIpc) is 2.41. The molecule has 2 rings (SSSR count). The molecule has 0 N–H and O–H groups in total. The lowest BCUT2D eigenvalue weighted by Gasteiger charge is -2.21. The number of halogens is 2. The Bertz CT molecular complexity index is 530. The lowest BCUT2D eigenvalue weighted by Crippen LogP contribution is -2.06. The summed E-state index contributed by atoms with van der Waals surface area (Å²) in [5.41, 5.74) is 1.41. The first kappa shape index (κ1) is 14.1. The van der Waals surface area contributed by atoms with E-state index in [4.69, 9.17) is 0 Å². The highest BCUT2D eigenvalue weighted by Gasteiger charge is 2.19. The van der Waals surface area contributed by atoms with E-state index in [1.165, 1.54) is 33.7 Å². The number of fused-ring (bicyclic) bond motifs is 1. The molecule has 2 aromatic carbocycles. The van der Waals surface area contributed by atoms with E-state index in [0.29, 0.717) is 10.7 Å². The fourth-order valence-electron chi connectivity index (χ4n) is 2.48. The minimum absolute atomic E-state index is 0.436. The van der Waals surface area contributed by atoms with Gasteiger partial charge in [0.05, 0.1) is 0 Å². The molecule has 0 nitrogen and oxygen atoms in total. The second-order valence-electron chi connectivity index (χ2n) is 4.66. The van der Waals surface area contributed by atoms with Crippen LogP contribution in [0, 0.1) is 5.92 Å². The summed E-state index contributed by atoms with van der Waals surface area (Å²) in [6.45, 7) is 4.53. The quantitative estimate of drug-likeness (QED) is 0.541. The molecule has 0 spiro atoms. The van der Waals surface area contributed by atoms with E-state index in [-0.39, 0.29) is 0 Å². The summed E-state index contributed by atoms with van der Waals surface area (Å²) in [5.74, 6) is 0.689. The monoisotopic (exact) mass is 368 g/mol. The Morgan fingerprint density at radius 2 is 1.56 bits per heavy atom. The predicted octanol–water partition coefficient (Wildman–Crippen LogP) is 6.47. The van der Waals surface area contributed by atoms with Crippen molar-refractivity contribution in [1.82, 2.24) is 0 Å². The van der Waals surface area contributed by atoms with Crippen molar-refractivity contribution in [3.05, 3.63) is 46.4 Å². The van der Waals surface area contributed by atoms with Gasteiger partial charge in [-0.3, -0.25) is 0 Å². The van der Waals surface area contributed by atoms with E-state index in [2.05, 4.69) is 82.1 Å². The van der Waals surface area contributed by atoms with E-state index in [1.807, 2.05) is 0 Å². The van der Waals surface area contributed by atoms with E-state index in [0.717, 1.165) is 0 Å². The maximum absolute atomic E-state index is 3.90. The van der Waals surface area contributed by atoms with Gasteiger partial charge in [0.15, 0.2) is 0 Å². The first-order valence-electron chi connectivity index (χ1n) is 6.50. The maximum Gasteiger partial charge on any atom is 0.0429 e. The molecule has 0 aliphatic carbocycles. The summed E-state index contributed by atoms with van der Waals surface area (Å²) >= 11 is 7.54. The molecule has 2 heteroatoms. The SMILES string of the molecule is CCC(CC)C(Br)c1ccc(Br)c2ccccc12. The van der Waals surface area contributed by atoms with Crippen molar-refractivity contribution >= 4 is 42.6 Å². The Morgan fingerprint density at radius 3 is 2.17 bits per heavy atom. The molecular formula is C16H18Br2. The maximum atomic E-state index is 3.90. The van der Waals surface area contributed by atoms with Crippen LogP contribution in [0.15, 0.2) is 40.9 Å². The third kappa shape index (κ3) is 2.65. The molecule has 18 heavy (non-hydrogen) atoms. The molecule has 2 aromatic rings. The van der Waals surface area contributed by atoms with Crippen molar-refractivity contribution in [2.75, 3.05) is 0 Å². The minimum Gasteiger partial charge on any atom is -0.0836 e. The highest BCUT2D eigenvalue weighted by molar-refractivity contribution is 9.10. The average molecular weight is 370 g/mol. The van der Waals surface area contributed by atoms with Gasteiger partial charge < -0.3 is 0 Å². The third-order valence-electron chi connectivity index (χ3n) is 3.66. The van der Waals surface area contributed by atoms with Crippen LogP contribution >= 0.6 is 31.9 Å². The van der Waals surface area contributed by atoms with Crippen LogP contribution in [0.25, 0.3) is 10.8 Å². The molecule has 0 radical (unpaired) electrons. The zero-order valence-electron chi connectivity index (χ0n) is 10.8. The smallest absolute Gasteiger partial charge is 0.0429 e. The van der Waals surface area contributed by atoms with Gasteiger partial charge in [-0.05, 0) is 28.3 Å². The Morgan fingerprint density at radius 1 is 0.944 bits per heavy atom. The largest absolute Gasteiger partial charge is 0.0836 e. The number of hydrogen-bond donors (Lipinski definition) is 0. The van der Waals surface area contributed by atoms with Gasteiger partial charge in [-0.1, -0.05) is 88.9 Å². The summed E-state index contributed by atoms with van der Waals surface area (Å²) in [4.78, 5) is 0.436. The summed E-state index contributed by atoms with van der Waals surface area (Å²) < 4.78 is 1.17. The molecule has 0 bridgehead atoms. The van der Waals surface area contributed by atoms with Crippen molar-refractivity contribution in [2.45, 2.75) is 31.5 Å². The normalized spacial score (nSPS) is 13.2. The highest BCUT2D eigenvalue weighted by Crippen LogP contribution is 2.40. The first-order valence-corrected chi connectivity index (χ1v) is 8.21. The van der Waals surface area contributed by atoms with Crippen LogP contribution in [0.1, 0.15) is 37.1 Å². The van der Waals surface area contributed by atoms with E-state index < -0.39 is 0 Å². The molecule has 1 atom stereocenters. The molecule has 0 aromatic heterocycles. The highest BCUT2D eigenvalue weighted by atomic mass is 79.9. The van der Waals surface area contributed by atoms with Crippen molar-refractivity contribution in [1.29, 1.82) is 0 Å². The number of alkyl halides is 1. The Balaban J connectivity index is 2.54. The Hall–Kier alpha value is -0.340. The van der Waals surface area contributed by atoms with Crippen LogP contribution in [0.5, 0.6) is 0 Å². The van der Waals surface area contributed by atoms with Crippen molar-refractivity contribution in [3.63, 3.8) is 0 Å². The van der Waals surface area contributed by atoms with Gasteiger partial charge in [0, 0.05) is 9.30 Å². The van der Waals surface area contributed by atoms with Crippen molar-refractivity contribution in [3.8, 4) is 0 Å². The molecule has 0 saturated carbocycles. The fourth-order valence-corrected chi connectivity index (χ4v) is 4.11. The van der Waals surface area contributed by atoms with E-state index in [1.54, 1.807) is 0 Å². The fraction of sp³-hybridized carbons (Fsp3) is 0.375. The molecular weight excluding hydrogens is 352 g/mol. The van der Waals surface area contributed by atoms with Crippen LogP contribution in [-0.2, 0) is 0 Å². The standard InChI is InChI=1S/C16H18Br2/c1-3-11(4-2)16(18)14-9-10-15(17)13-8-6-5-7-12(13)14/h5-11,16H,3-4H2,1-2H3. The van der Waals surface area contributed by atoms with Gasteiger partial charge in [0.1, 0.15) is 0 Å². The zero-order chi connectivity index (χ0) is 13.1. The summed E-state index contributed by atoms with van der Waals surface area (Å²) in [5, 5.41) is 2.64. The topological polar surface area (TPSA) is 0 Å². The molecule has 0 amide bonds. The summed E-state index contributed by atoms with van der Waals surface area (Å²) in [7, 11) is 0. The van der Waals surface area contributed by atoms with Crippen LogP contribution in [0.3, 0.4) is 0 Å². The van der Waals surface area contributed by atoms with Crippen LogP contribution in [0.2, 0.25) is 0 Å². The zero-order valence-corrected chi connectivity index (χ0v) is 14.0. The number of benzene rings is 2. The Kier molecular flexibility index (Phi) is 4.85. The Labute approximate surface area is 126 Å². The van der Waals surface area contributed by atoms with Gasteiger partial charge >= 0.3 is 0 Å². The van der Waals surface area contributed by atoms with Gasteiger partial charge in [0.25, 0.3) is 0 Å². The van der Waals surface area contributed by atoms with Gasteiger partial charge in [-0.25, -0.2) is 0 Å². The molecule has 96 valence electrons. The lowest BCUT2D eigenvalue weighted by atomic mass is 9.91. The predicted molar refractivity (Wildman–Crippen MR) is 87.4 cm³/mol. The summed E-state index contributed by atoms with van der Waals surface area (Å²) in [6.07, 6.45) is 2.41.